The minimum Gasteiger partial charge on any atom is -0.362 e. The first-order valence-corrected chi connectivity index (χ1v) is 9.11. The minimum absolute atomic E-state index is 0.0657. The van der Waals surface area contributed by atoms with Crippen LogP contribution in [0, 0.1) is 26.1 Å². The molecule has 2 saturated heterocycles. The Balaban J connectivity index is 1.86. The van der Waals surface area contributed by atoms with Crippen LogP contribution >= 0.6 is 0 Å². The van der Waals surface area contributed by atoms with Gasteiger partial charge in [-0.15, -0.1) is 0 Å². The molecule has 1 aromatic rings. The first-order valence-electron chi connectivity index (χ1n) is 9.11. The zero-order chi connectivity index (χ0) is 19.4. The molecule has 1 aliphatic carbocycles. The van der Waals surface area contributed by atoms with E-state index in [1.807, 2.05) is 30.3 Å². The summed E-state index contributed by atoms with van der Waals surface area (Å²) in [6.07, 6.45) is -1.66. The number of carbonyl (C=O) groups is 1. The fourth-order valence-electron chi connectivity index (χ4n) is 5.25. The molecule has 0 spiro atoms. The molecule has 2 aliphatic heterocycles. The normalized spacial score (nSPS) is 38.4. The number of likely N-dealkylation sites (N-methyl/N-ethyl adjacent to an activating group) is 1. The molecule has 0 aromatic heterocycles. The van der Waals surface area contributed by atoms with Gasteiger partial charge in [0.05, 0.1) is 19.2 Å². The van der Waals surface area contributed by atoms with Crippen LogP contribution in [0.3, 0.4) is 0 Å². The number of benzene rings is 1. The van der Waals surface area contributed by atoms with Gasteiger partial charge in [-0.05, 0) is 18.5 Å². The summed E-state index contributed by atoms with van der Waals surface area (Å²) >= 11 is 0. The maximum atomic E-state index is 12.9. The Morgan fingerprint density at radius 2 is 1.89 bits per heavy atom. The highest BCUT2D eigenvalue weighted by Gasteiger charge is 2.80. The van der Waals surface area contributed by atoms with E-state index in [0.29, 0.717) is 6.54 Å². The van der Waals surface area contributed by atoms with Crippen LogP contribution in [0.2, 0.25) is 0 Å². The monoisotopic (exact) mass is 375 g/mol. The second-order valence-corrected chi connectivity index (χ2v) is 7.67. The number of ketones is 1. The lowest BCUT2D eigenvalue weighted by molar-refractivity contribution is -0.653. The van der Waals surface area contributed by atoms with Gasteiger partial charge in [-0.3, -0.25) is 29.9 Å². The standard InChI is InChI=1S/C18H21N3O6/c1-2-19-10-17(20(23)24)14-8-13(12-6-4-3-5-7-12)27-16(9-15(17)22)18(14,11-19)21(25)26/h3-7,13-14,16H,2,8-11H2,1H3/t13-,14-,16-,17+,18+/m1/s1. The van der Waals surface area contributed by atoms with Crippen LogP contribution in [0.1, 0.15) is 31.4 Å². The molecule has 1 aromatic carbocycles. The summed E-state index contributed by atoms with van der Waals surface area (Å²) in [5, 5.41) is 24.4. The van der Waals surface area contributed by atoms with Gasteiger partial charge in [0, 0.05) is 16.3 Å². The largest absolute Gasteiger partial charge is 0.362 e. The number of piperidine rings is 1. The van der Waals surface area contributed by atoms with Crippen molar-refractivity contribution in [2.45, 2.75) is 43.1 Å². The van der Waals surface area contributed by atoms with E-state index in [9.17, 15) is 25.0 Å². The number of nitrogens with zero attached hydrogens (tertiary/aromatic N) is 3. The molecule has 3 fully saturated rings. The summed E-state index contributed by atoms with van der Waals surface area (Å²) in [6, 6.07) is 9.21. The fourth-order valence-corrected chi connectivity index (χ4v) is 5.25. The molecule has 0 unspecified atom stereocenters. The number of carbonyl (C=O) groups excluding carboxylic acids is 1. The molecule has 27 heavy (non-hydrogen) atoms. The van der Waals surface area contributed by atoms with Gasteiger partial charge >= 0.3 is 5.54 Å². The van der Waals surface area contributed by atoms with Crippen LogP contribution in [0.15, 0.2) is 30.3 Å². The van der Waals surface area contributed by atoms with Crippen molar-refractivity contribution < 1.29 is 19.4 Å². The molecule has 144 valence electrons. The Labute approximate surface area is 155 Å². The van der Waals surface area contributed by atoms with Gasteiger partial charge in [0.15, 0.2) is 0 Å². The van der Waals surface area contributed by atoms with Gasteiger partial charge in [-0.25, -0.2) is 0 Å². The third-order valence-electron chi connectivity index (χ3n) is 6.60. The van der Waals surface area contributed by atoms with Gasteiger partial charge < -0.3 is 4.74 Å². The van der Waals surface area contributed by atoms with Gasteiger partial charge in [0.25, 0.3) is 5.54 Å². The molecule has 4 bridgehead atoms. The summed E-state index contributed by atoms with van der Waals surface area (Å²) in [4.78, 5) is 37.9. The second kappa shape index (κ2) is 6.07. The summed E-state index contributed by atoms with van der Waals surface area (Å²) in [5.41, 5.74) is -2.77. The third kappa shape index (κ3) is 2.28. The number of Topliss-reactive ketones (excluding diaryl/α,β-unsaturated/α-hetero) is 1. The van der Waals surface area contributed by atoms with E-state index in [0.717, 1.165) is 5.56 Å². The maximum absolute atomic E-state index is 12.9. The van der Waals surface area contributed by atoms with E-state index >= 15 is 0 Å². The fraction of sp³-hybridized carbons (Fsp3) is 0.611. The second-order valence-electron chi connectivity index (χ2n) is 7.67. The number of nitro groups is 2. The Morgan fingerprint density at radius 1 is 1.19 bits per heavy atom. The van der Waals surface area contributed by atoms with Gasteiger partial charge in [-0.2, -0.15) is 0 Å². The summed E-state index contributed by atoms with van der Waals surface area (Å²) < 4.78 is 6.07. The van der Waals surface area contributed by atoms with Crippen molar-refractivity contribution in [2.75, 3.05) is 19.6 Å². The number of rotatable bonds is 4. The molecule has 4 rings (SSSR count). The minimum atomic E-state index is -1.95. The molecule has 0 amide bonds. The molecule has 2 heterocycles. The molecule has 5 atom stereocenters. The molecule has 0 N–H and O–H groups in total. The topological polar surface area (TPSA) is 116 Å². The van der Waals surface area contributed by atoms with E-state index in [2.05, 4.69) is 0 Å². The predicted octanol–water partition coefficient (Wildman–Crippen LogP) is 1.47. The van der Waals surface area contributed by atoms with Crippen molar-refractivity contribution in [3.63, 3.8) is 0 Å². The van der Waals surface area contributed by atoms with Crippen molar-refractivity contribution in [1.82, 2.24) is 4.90 Å². The highest BCUT2D eigenvalue weighted by Crippen LogP contribution is 2.55. The van der Waals surface area contributed by atoms with Crippen molar-refractivity contribution in [1.29, 1.82) is 0 Å². The highest BCUT2D eigenvalue weighted by atomic mass is 16.6. The highest BCUT2D eigenvalue weighted by molar-refractivity contribution is 5.90. The predicted molar refractivity (Wildman–Crippen MR) is 93.4 cm³/mol. The van der Waals surface area contributed by atoms with Crippen LogP contribution in [0.25, 0.3) is 0 Å². The molecule has 9 nitrogen and oxygen atoms in total. The lowest BCUT2D eigenvalue weighted by Gasteiger charge is -2.56. The van der Waals surface area contributed by atoms with E-state index in [1.54, 1.807) is 11.8 Å². The van der Waals surface area contributed by atoms with E-state index in [-0.39, 0.29) is 25.9 Å². The molecule has 1 saturated carbocycles. The summed E-state index contributed by atoms with van der Waals surface area (Å²) in [6.45, 7) is 2.18. The first kappa shape index (κ1) is 18.0. The van der Waals surface area contributed by atoms with Crippen LogP contribution in [0.4, 0.5) is 0 Å². The van der Waals surface area contributed by atoms with E-state index in [1.165, 1.54) is 0 Å². The maximum Gasteiger partial charge on any atom is 0.301 e. The lowest BCUT2D eigenvalue weighted by Crippen LogP contribution is -2.82. The zero-order valence-electron chi connectivity index (χ0n) is 14.9. The van der Waals surface area contributed by atoms with Crippen LogP contribution < -0.4 is 0 Å². The molecule has 3 aliphatic rings. The average molecular weight is 375 g/mol. The van der Waals surface area contributed by atoms with Gasteiger partial charge in [0.2, 0.25) is 5.78 Å². The Bertz CT molecular complexity index is 802. The van der Waals surface area contributed by atoms with E-state index in [4.69, 9.17) is 4.74 Å². The quantitative estimate of drug-likeness (QED) is 0.578. The molecular weight excluding hydrogens is 354 g/mol. The van der Waals surface area contributed by atoms with Crippen LogP contribution in [-0.2, 0) is 9.53 Å². The van der Waals surface area contributed by atoms with Crippen LogP contribution in [-0.4, -0.2) is 57.3 Å². The first-order chi connectivity index (χ1) is 12.9. The van der Waals surface area contributed by atoms with Crippen molar-refractivity contribution in [2.24, 2.45) is 5.92 Å². The number of ether oxygens (including phenoxy) is 1. The van der Waals surface area contributed by atoms with Gasteiger partial charge in [0.1, 0.15) is 12.0 Å². The number of hydrogen-bond acceptors (Lipinski definition) is 7. The van der Waals surface area contributed by atoms with Crippen molar-refractivity contribution >= 4 is 5.78 Å². The lowest BCUT2D eigenvalue weighted by atomic mass is 9.55. The zero-order valence-corrected chi connectivity index (χ0v) is 14.9. The van der Waals surface area contributed by atoms with Crippen LogP contribution in [0.5, 0.6) is 0 Å². The Kier molecular flexibility index (Phi) is 4.04. The van der Waals surface area contributed by atoms with Gasteiger partial charge in [-0.1, -0.05) is 37.3 Å². The summed E-state index contributed by atoms with van der Waals surface area (Å²) in [5.74, 6) is -1.55. The Hall–Kier alpha value is -2.39. The number of likely N-dealkylation sites (tertiary alicyclic amines) is 1. The third-order valence-corrected chi connectivity index (χ3v) is 6.60. The van der Waals surface area contributed by atoms with E-state index < -0.39 is 44.8 Å². The summed E-state index contributed by atoms with van der Waals surface area (Å²) in [7, 11) is 0. The molecule has 9 heteroatoms. The molecular formula is C18H21N3O6. The average Bonchev–Trinajstić information content (AvgIpc) is 2.65. The molecule has 0 radical (unpaired) electrons. The van der Waals surface area contributed by atoms with Crippen molar-refractivity contribution in [3.8, 4) is 0 Å². The smallest absolute Gasteiger partial charge is 0.301 e. The number of hydrogen-bond donors (Lipinski definition) is 0. The van der Waals surface area contributed by atoms with Crippen molar-refractivity contribution in [3.05, 3.63) is 56.1 Å². The SMILES string of the molecule is CCN1C[C@@]2([N+](=O)[O-])[C@H]3CC(=O)[C@]([N+](=O)[O-])(C1)[C@H]2C[C@H](c1ccccc1)O3. The Morgan fingerprint density at radius 3 is 2.48 bits per heavy atom.